The van der Waals surface area contributed by atoms with Crippen molar-refractivity contribution in [1.82, 2.24) is 39.6 Å². The maximum atomic E-state index is 15.4. The third-order valence-electron chi connectivity index (χ3n) is 18.5. The molecular formula is C72H118N8O14. The Morgan fingerprint density at radius 2 is 0.989 bits per heavy atom. The highest BCUT2D eigenvalue weighted by Crippen LogP contribution is 2.30. The molecule has 1 unspecified atom stereocenters. The van der Waals surface area contributed by atoms with E-state index in [-0.39, 0.29) is 75.0 Å². The average Bonchev–Trinajstić information content (AvgIpc) is 0.807. The van der Waals surface area contributed by atoms with Crippen LogP contribution in [0.3, 0.4) is 0 Å². The van der Waals surface area contributed by atoms with Gasteiger partial charge in [0.25, 0.3) is 0 Å². The first-order valence-electron chi connectivity index (χ1n) is 33.8. The number of carbonyl (C=O) groups is 12. The molecule has 0 aromatic heterocycles. The molecule has 1 aliphatic heterocycles. The van der Waals surface area contributed by atoms with E-state index in [1.54, 1.807) is 84.9 Å². The molecule has 0 bridgehead atoms. The second kappa shape index (κ2) is 38.0. The van der Waals surface area contributed by atoms with Gasteiger partial charge >= 0.3 is 5.97 Å². The van der Waals surface area contributed by atoms with Gasteiger partial charge < -0.3 is 49.5 Å². The van der Waals surface area contributed by atoms with E-state index < -0.39 is 167 Å². The number of carbonyl (C=O) groups excluding carboxylic acids is 12. The summed E-state index contributed by atoms with van der Waals surface area (Å²) in [6.07, 6.45) is 2.03. The molecule has 1 fully saturated rings. The van der Waals surface area contributed by atoms with E-state index in [1.807, 2.05) is 55.4 Å². The van der Waals surface area contributed by atoms with Gasteiger partial charge in [0.05, 0.1) is 37.4 Å². The van der Waals surface area contributed by atoms with Gasteiger partial charge in [-0.3, -0.25) is 52.7 Å². The van der Waals surface area contributed by atoms with E-state index in [0.717, 1.165) is 10.5 Å². The second-order valence-corrected chi connectivity index (χ2v) is 29.0. The van der Waals surface area contributed by atoms with E-state index >= 15 is 19.2 Å². The molecule has 12 atom stereocenters. The molecule has 1 aromatic rings. The molecule has 0 aliphatic carbocycles. The van der Waals surface area contributed by atoms with E-state index in [2.05, 4.69) is 5.32 Å². The number of ketones is 3. The molecule has 2 rings (SSSR count). The SMILES string of the molecule is CC[C@@H]1CC(=O)[C@H]([C@H](O)[C@H](C)C/C=C/c2ccc(C(=O)OC)cc2)N(C)C(=O)[C@H](C(C)C)N(C)C(=O)[C@H](CC(C)C)N(C)C(=O)C(CC(C)C)N(C)C(=O)[C@@H](C)NC(=O)[C@H](C)CC(=O)[C@H](CC(C)C)N(C)C(=O)[C@H](C(C)C)CC(=O)[C@H](CC(C)C)N(C)C(=O)CN(C)C1=O. The molecule has 1 aliphatic rings. The van der Waals surface area contributed by atoms with Gasteiger partial charge in [0, 0.05) is 86.3 Å². The van der Waals surface area contributed by atoms with Gasteiger partial charge in [0.2, 0.25) is 47.3 Å². The van der Waals surface area contributed by atoms with Crippen LogP contribution < -0.4 is 5.32 Å². The lowest BCUT2D eigenvalue weighted by atomic mass is 9.84. The Balaban J connectivity index is 3.00. The van der Waals surface area contributed by atoms with Crippen LogP contribution in [0.4, 0.5) is 0 Å². The molecule has 530 valence electrons. The number of allylic oxidation sites excluding steroid dienone is 1. The Labute approximate surface area is 562 Å². The van der Waals surface area contributed by atoms with Crippen LogP contribution >= 0.6 is 0 Å². The summed E-state index contributed by atoms with van der Waals surface area (Å²) >= 11 is 0. The Morgan fingerprint density at radius 3 is 1.46 bits per heavy atom. The Bertz CT molecular complexity index is 2800. The van der Waals surface area contributed by atoms with Crippen LogP contribution in [0, 0.1) is 59.2 Å². The lowest BCUT2D eigenvalue weighted by Crippen LogP contribution is -2.61. The molecule has 0 radical (unpaired) electrons. The number of aliphatic hydroxyl groups is 1. The number of esters is 1. The predicted octanol–water partition coefficient (Wildman–Crippen LogP) is 7.46. The van der Waals surface area contributed by atoms with Crippen LogP contribution in [-0.2, 0) is 57.5 Å². The second-order valence-electron chi connectivity index (χ2n) is 29.0. The van der Waals surface area contributed by atoms with Crippen LogP contribution in [-0.4, -0.2) is 221 Å². The molecule has 22 nitrogen and oxygen atoms in total. The molecule has 94 heavy (non-hydrogen) atoms. The highest BCUT2D eigenvalue weighted by atomic mass is 16.5. The van der Waals surface area contributed by atoms with E-state index in [1.165, 1.54) is 92.8 Å². The zero-order valence-electron chi connectivity index (χ0n) is 61.3. The van der Waals surface area contributed by atoms with Crippen molar-refractivity contribution < 1.29 is 67.4 Å². The topological polar surface area (TPSA) is 269 Å². The number of nitrogens with zero attached hydrogens (tertiary/aromatic N) is 7. The number of amides is 8. The maximum Gasteiger partial charge on any atom is 0.337 e. The number of hydrogen-bond donors (Lipinski definition) is 2. The third kappa shape index (κ3) is 23.2. The molecule has 1 saturated heterocycles. The van der Waals surface area contributed by atoms with Gasteiger partial charge in [-0.25, -0.2) is 4.79 Å². The molecular weight excluding hydrogens is 1200 g/mol. The Kier molecular flexibility index (Phi) is 33.7. The number of hydrogen-bond acceptors (Lipinski definition) is 14. The van der Waals surface area contributed by atoms with Crippen LogP contribution in [0.5, 0.6) is 0 Å². The third-order valence-corrected chi connectivity index (χ3v) is 18.5. The summed E-state index contributed by atoms with van der Waals surface area (Å²) in [5.74, 6) is -11.9. The van der Waals surface area contributed by atoms with Gasteiger partial charge in [-0.1, -0.05) is 128 Å². The number of methoxy groups -OCH3 is 1. The minimum absolute atomic E-state index is 0.0793. The van der Waals surface area contributed by atoms with Crippen molar-refractivity contribution >= 4 is 76.7 Å². The summed E-state index contributed by atoms with van der Waals surface area (Å²) in [7, 11) is 11.4. The monoisotopic (exact) mass is 1320 g/mol. The zero-order valence-corrected chi connectivity index (χ0v) is 61.3. The summed E-state index contributed by atoms with van der Waals surface area (Å²) in [6, 6.07) is -1.72. The smallest absolute Gasteiger partial charge is 0.337 e. The zero-order chi connectivity index (χ0) is 72.2. The first-order chi connectivity index (χ1) is 43.6. The molecule has 1 heterocycles. The van der Waals surface area contributed by atoms with Gasteiger partial charge in [0.1, 0.15) is 30.2 Å². The standard InChI is InChI=1S/C72H118N8O14/c1-25-51-38-60(83)63(64(85)47(14)27-26-28-50-29-31-52(32-30-50)72(93)94-24)80(23)71(92)62(46(12)13)79(22)70(91)57(36-44(8)9)78(21)69(90)56(35-43(6)7)77(20)66(87)49(16)73-65(86)48(15)37-58(81)55(34-42(4)5)76(19)68(89)53(45(10)11)39-59(82)54(33-41(2)3)75(18)61(84)40-74(17)67(51)88/h26,28-32,41-49,51,53-57,62-64,85H,25,27,33-40H2,1-24H3,(H,73,86)/b28-26+/t47-,48-,49-,51-,53+,54+,55+,56?,57+,62+,63-,64-/m1/s1. The lowest BCUT2D eigenvalue weighted by Gasteiger charge is -2.41. The largest absolute Gasteiger partial charge is 0.465 e. The Morgan fingerprint density at radius 1 is 0.543 bits per heavy atom. The van der Waals surface area contributed by atoms with Gasteiger partial charge in [-0.2, -0.15) is 0 Å². The number of likely N-dealkylation sites (N-methyl/N-ethyl adjacent to an activating group) is 7. The highest BCUT2D eigenvalue weighted by Gasteiger charge is 2.46. The summed E-state index contributed by atoms with van der Waals surface area (Å²) in [4.78, 5) is 183. The van der Waals surface area contributed by atoms with E-state index in [4.69, 9.17) is 4.74 Å². The van der Waals surface area contributed by atoms with Gasteiger partial charge in [-0.15, -0.1) is 0 Å². The fourth-order valence-corrected chi connectivity index (χ4v) is 12.4. The van der Waals surface area contributed by atoms with Crippen molar-refractivity contribution in [2.45, 2.75) is 217 Å². The minimum Gasteiger partial charge on any atom is -0.465 e. The summed E-state index contributed by atoms with van der Waals surface area (Å²) in [5, 5.41) is 15.2. The normalized spacial score (nSPS) is 25.6. The average molecular weight is 1320 g/mol. The molecule has 8 amide bonds. The molecule has 1 aromatic carbocycles. The quantitative estimate of drug-likeness (QED) is 0.143. The molecule has 0 spiro atoms. The van der Waals surface area contributed by atoms with Gasteiger partial charge in [-0.05, 0) is 105 Å². The molecule has 2 N–H and O–H groups in total. The van der Waals surface area contributed by atoms with E-state index in [9.17, 15) is 43.5 Å². The first-order valence-corrected chi connectivity index (χ1v) is 33.8. The van der Waals surface area contributed by atoms with Crippen molar-refractivity contribution in [3.05, 3.63) is 41.5 Å². The predicted molar refractivity (Wildman–Crippen MR) is 364 cm³/mol. The molecule has 22 heteroatoms. The van der Waals surface area contributed by atoms with Crippen LogP contribution in [0.2, 0.25) is 0 Å². The highest BCUT2D eigenvalue weighted by molar-refractivity contribution is 5.99. The fourth-order valence-electron chi connectivity index (χ4n) is 12.4. The minimum atomic E-state index is -1.58. The van der Waals surface area contributed by atoms with Crippen molar-refractivity contribution in [1.29, 1.82) is 0 Å². The number of rotatable bonds is 17. The van der Waals surface area contributed by atoms with Crippen LogP contribution in [0.15, 0.2) is 30.3 Å². The summed E-state index contributed by atoms with van der Waals surface area (Å²) in [6.45, 7) is 28.1. The summed E-state index contributed by atoms with van der Waals surface area (Å²) in [5.41, 5.74) is 1.08. The van der Waals surface area contributed by atoms with Crippen LogP contribution in [0.25, 0.3) is 6.08 Å². The van der Waals surface area contributed by atoms with Crippen molar-refractivity contribution in [3.63, 3.8) is 0 Å². The number of benzene rings is 1. The van der Waals surface area contributed by atoms with Gasteiger partial charge in [0.15, 0.2) is 17.3 Å². The van der Waals surface area contributed by atoms with Crippen LogP contribution in [0.1, 0.15) is 184 Å². The van der Waals surface area contributed by atoms with Crippen molar-refractivity contribution in [2.75, 3.05) is 63.0 Å². The number of Topliss-reactive ketones (excluding diaryl/α,β-unsaturated/α-hetero) is 3. The first kappa shape index (κ1) is 83.3. The maximum absolute atomic E-state index is 15.4. The number of ether oxygens (including phenoxy) is 1. The molecule has 0 saturated carbocycles. The van der Waals surface area contributed by atoms with Crippen molar-refractivity contribution in [3.8, 4) is 0 Å². The van der Waals surface area contributed by atoms with E-state index in [0.29, 0.717) is 5.56 Å². The summed E-state index contributed by atoms with van der Waals surface area (Å²) < 4.78 is 4.83. The number of aliphatic hydroxyl groups excluding tert-OH is 1. The fraction of sp³-hybridized carbons (Fsp3) is 0.722. The number of nitrogens with one attached hydrogen (secondary N) is 1. The lowest BCUT2D eigenvalue weighted by molar-refractivity contribution is -0.157. The van der Waals surface area contributed by atoms with Crippen molar-refractivity contribution in [2.24, 2.45) is 59.2 Å². The Hall–Kier alpha value is -6.84.